The van der Waals surface area contributed by atoms with Crippen molar-refractivity contribution in [2.45, 2.75) is 19.8 Å². The average Bonchev–Trinajstić information content (AvgIpc) is 2.85. The van der Waals surface area contributed by atoms with Gasteiger partial charge in [0.25, 0.3) is 0 Å². The molecule has 0 bridgehead atoms. The Hall–Kier alpha value is -3.60. The van der Waals surface area contributed by atoms with E-state index in [1.807, 2.05) is 25.2 Å². The second-order valence-corrected chi connectivity index (χ2v) is 7.23. The summed E-state index contributed by atoms with van der Waals surface area (Å²) in [6.45, 7) is 3.90. The molecule has 1 amide bonds. The van der Waals surface area contributed by atoms with E-state index >= 15 is 0 Å². The number of ether oxygens (including phenoxy) is 1. The van der Waals surface area contributed by atoms with Crippen LogP contribution in [-0.4, -0.2) is 51.0 Å². The lowest BCUT2D eigenvalue weighted by Gasteiger charge is -2.11. The minimum absolute atomic E-state index is 0.473. The molecule has 0 aliphatic heterocycles. The van der Waals surface area contributed by atoms with Crippen LogP contribution < -0.4 is 10.6 Å². The number of nitriles is 1. The number of aldehydes is 1. The average molecular weight is 447 g/mol. The van der Waals surface area contributed by atoms with Crippen LogP contribution in [0.25, 0.3) is 22.2 Å². The first-order chi connectivity index (χ1) is 16.2. The summed E-state index contributed by atoms with van der Waals surface area (Å²) in [5, 5.41) is 16.0. The maximum atomic E-state index is 10.3. The number of amides is 1. The van der Waals surface area contributed by atoms with Gasteiger partial charge in [-0.3, -0.25) is 4.79 Å². The number of benzene rings is 2. The summed E-state index contributed by atoms with van der Waals surface area (Å²) in [5.41, 5.74) is 5.74. The van der Waals surface area contributed by atoms with E-state index in [4.69, 9.17) is 14.5 Å². The number of fused-ring (bicyclic) bond motifs is 1. The van der Waals surface area contributed by atoms with Crippen LogP contribution in [0.5, 0.6) is 0 Å². The molecular formula is C26H30N4O3. The molecule has 2 aromatic carbocycles. The van der Waals surface area contributed by atoms with Gasteiger partial charge in [-0.15, -0.1) is 0 Å². The molecule has 1 aromatic heterocycles. The first-order valence-corrected chi connectivity index (χ1v) is 10.9. The van der Waals surface area contributed by atoms with Gasteiger partial charge in [0.05, 0.1) is 36.1 Å². The van der Waals surface area contributed by atoms with Gasteiger partial charge in [-0.25, -0.2) is 4.98 Å². The zero-order valence-corrected chi connectivity index (χ0v) is 19.1. The Kier molecular flexibility index (Phi) is 11.2. The Morgan fingerprint density at radius 1 is 1.03 bits per heavy atom. The first-order valence-electron chi connectivity index (χ1n) is 10.9. The number of hydrogen-bond donors (Lipinski definition) is 2. The van der Waals surface area contributed by atoms with Gasteiger partial charge >= 0.3 is 0 Å². The highest BCUT2D eigenvalue weighted by molar-refractivity contribution is 5.86. The van der Waals surface area contributed by atoms with E-state index in [0.717, 1.165) is 53.4 Å². The lowest BCUT2D eigenvalue weighted by molar-refractivity contribution is -0.109. The van der Waals surface area contributed by atoms with E-state index in [1.54, 1.807) is 0 Å². The van der Waals surface area contributed by atoms with Crippen molar-refractivity contribution in [1.29, 1.82) is 5.26 Å². The number of hydrogen-bond acceptors (Lipinski definition) is 6. The van der Waals surface area contributed by atoms with Crippen LogP contribution in [0.4, 0.5) is 0 Å². The molecule has 3 rings (SSSR count). The Morgan fingerprint density at radius 2 is 1.79 bits per heavy atom. The van der Waals surface area contributed by atoms with Crippen molar-refractivity contribution in [3.63, 3.8) is 0 Å². The third-order valence-corrected chi connectivity index (χ3v) is 4.93. The smallest absolute Gasteiger partial charge is 0.207 e. The standard InChI is InChI=1S/C24H26N4O2.C2H4O/c1-26-10-8-18-2-5-20(6-3-18)23-15-21(9-12-30-13-11-27-17-29)22-7-4-19(16-25)14-24(22)28-23;1-2-3/h2-7,14-15,17,26H,8-13H2,1H3,(H,27,29);2H,1H3. The highest BCUT2D eigenvalue weighted by atomic mass is 16.5. The predicted molar refractivity (Wildman–Crippen MR) is 130 cm³/mol. The summed E-state index contributed by atoms with van der Waals surface area (Å²) < 4.78 is 5.63. The van der Waals surface area contributed by atoms with Crippen LogP contribution in [0.15, 0.2) is 48.5 Å². The number of aromatic nitrogens is 1. The summed E-state index contributed by atoms with van der Waals surface area (Å²) in [6, 6.07) is 18.4. The zero-order chi connectivity index (χ0) is 23.9. The Balaban J connectivity index is 0.00000122. The topological polar surface area (TPSA) is 104 Å². The van der Waals surface area contributed by atoms with Gasteiger partial charge in [0.15, 0.2) is 0 Å². The maximum Gasteiger partial charge on any atom is 0.207 e. The molecule has 1 heterocycles. The van der Waals surface area contributed by atoms with Crippen molar-refractivity contribution in [3.8, 4) is 17.3 Å². The van der Waals surface area contributed by atoms with E-state index in [2.05, 4.69) is 47.0 Å². The molecule has 0 atom stereocenters. The fourth-order valence-corrected chi connectivity index (χ4v) is 3.31. The molecule has 0 fully saturated rings. The van der Waals surface area contributed by atoms with Gasteiger partial charge in [-0.05, 0) is 62.7 Å². The third-order valence-electron chi connectivity index (χ3n) is 4.93. The Bertz CT molecular complexity index is 1080. The molecule has 0 spiro atoms. The molecule has 0 aliphatic carbocycles. The van der Waals surface area contributed by atoms with Crippen LogP contribution in [0.3, 0.4) is 0 Å². The summed E-state index contributed by atoms with van der Waals surface area (Å²) in [6.07, 6.45) is 3.12. The second kappa shape index (κ2) is 14.5. The number of pyridine rings is 1. The molecule has 0 saturated carbocycles. The van der Waals surface area contributed by atoms with E-state index in [9.17, 15) is 10.1 Å². The molecule has 33 heavy (non-hydrogen) atoms. The lowest BCUT2D eigenvalue weighted by atomic mass is 10.00. The molecule has 0 unspecified atom stereocenters. The first kappa shape index (κ1) is 25.7. The molecule has 2 N–H and O–H groups in total. The van der Waals surface area contributed by atoms with Crippen LogP contribution >= 0.6 is 0 Å². The van der Waals surface area contributed by atoms with Gasteiger partial charge in [0, 0.05) is 17.5 Å². The molecule has 3 aromatic rings. The SMILES string of the molecule is CC=O.CNCCc1ccc(-c2cc(CCOCCNC=O)c3ccc(C#N)cc3n2)cc1. The van der Waals surface area contributed by atoms with Crippen LogP contribution in [0, 0.1) is 11.3 Å². The van der Waals surface area contributed by atoms with E-state index in [0.29, 0.717) is 31.7 Å². The molecule has 0 radical (unpaired) electrons. The quantitative estimate of drug-likeness (QED) is 0.347. The predicted octanol–water partition coefficient (Wildman–Crippen LogP) is 3.05. The number of likely N-dealkylation sites (N-methyl/N-ethyl adjacent to an activating group) is 1. The van der Waals surface area contributed by atoms with Crippen molar-refractivity contribution < 1.29 is 14.3 Å². The Labute approximate surface area is 194 Å². The van der Waals surface area contributed by atoms with Crippen molar-refractivity contribution in [3.05, 3.63) is 65.2 Å². The normalized spacial score (nSPS) is 10.1. The minimum atomic E-state index is 0.473. The second-order valence-electron chi connectivity index (χ2n) is 7.23. The number of carbonyl (C=O) groups is 2. The van der Waals surface area contributed by atoms with Crippen LogP contribution in [-0.2, 0) is 27.2 Å². The summed E-state index contributed by atoms with van der Waals surface area (Å²) in [5.74, 6) is 0. The van der Waals surface area contributed by atoms with Crippen molar-refractivity contribution in [2.75, 3.05) is 33.4 Å². The van der Waals surface area contributed by atoms with Gasteiger partial charge in [-0.2, -0.15) is 5.26 Å². The highest BCUT2D eigenvalue weighted by Gasteiger charge is 2.09. The highest BCUT2D eigenvalue weighted by Crippen LogP contribution is 2.26. The summed E-state index contributed by atoms with van der Waals surface area (Å²) in [7, 11) is 1.95. The third kappa shape index (κ3) is 8.11. The summed E-state index contributed by atoms with van der Waals surface area (Å²) >= 11 is 0. The van der Waals surface area contributed by atoms with E-state index in [-0.39, 0.29) is 0 Å². The van der Waals surface area contributed by atoms with Crippen molar-refractivity contribution in [2.24, 2.45) is 0 Å². The maximum absolute atomic E-state index is 10.3. The number of carbonyl (C=O) groups excluding carboxylic acids is 2. The number of nitrogens with one attached hydrogen (secondary N) is 2. The zero-order valence-electron chi connectivity index (χ0n) is 19.1. The largest absolute Gasteiger partial charge is 0.379 e. The minimum Gasteiger partial charge on any atom is -0.379 e. The fraction of sp³-hybridized carbons (Fsp3) is 0.308. The van der Waals surface area contributed by atoms with Gasteiger partial charge < -0.3 is 20.2 Å². The van der Waals surface area contributed by atoms with Gasteiger partial charge in [0.1, 0.15) is 6.29 Å². The molecule has 172 valence electrons. The van der Waals surface area contributed by atoms with Crippen LogP contribution in [0.1, 0.15) is 23.6 Å². The van der Waals surface area contributed by atoms with Crippen molar-refractivity contribution >= 4 is 23.6 Å². The fourth-order valence-electron chi connectivity index (χ4n) is 3.31. The van der Waals surface area contributed by atoms with Gasteiger partial charge in [-0.1, -0.05) is 30.3 Å². The van der Waals surface area contributed by atoms with Crippen LogP contribution in [0.2, 0.25) is 0 Å². The van der Waals surface area contributed by atoms with Crippen molar-refractivity contribution in [1.82, 2.24) is 15.6 Å². The van der Waals surface area contributed by atoms with E-state index in [1.165, 1.54) is 12.5 Å². The molecule has 7 heteroatoms. The molecule has 0 saturated heterocycles. The monoisotopic (exact) mass is 446 g/mol. The molecular weight excluding hydrogens is 416 g/mol. The van der Waals surface area contributed by atoms with Gasteiger partial charge in [0.2, 0.25) is 6.41 Å². The number of nitrogens with zero attached hydrogens (tertiary/aromatic N) is 2. The van der Waals surface area contributed by atoms with E-state index < -0.39 is 0 Å². The number of rotatable bonds is 11. The molecule has 0 aliphatic rings. The lowest BCUT2D eigenvalue weighted by Crippen LogP contribution is -2.18. The molecule has 7 nitrogen and oxygen atoms in total. The summed E-state index contributed by atoms with van der Waals surface area (Å²) in [4.78, 5) is 23.9. The Morgan fingerprint density at radius 3 is 2.45 bits per heavy atom.